The lowest BCUT2D eigenvalue weighted by atomic mass is 10.1. The van der Waals surface area contributed by atoms with Crippen LogP contribution in [0.5, 0.6) is 0 Å². The van der Waals surface area contributed by atoms with E-state index in [1.54, 1.807) is 6.20 Å². The summed E-state index contributed by atoms with van der Waals surface area (Å²) < 4.78 is 0. The molecule has 7 nitrogen and oxygen atoms in total. The van der Waals surface area contributed by atoms with E-state index in [0.717, 1.165) is 38.3 Å². The van der Waals surface area contributed by atoms with Crippen LogP contribution in [0, 0.1) is 0 Å². The highest BCUT2D eigenvalue weighted by molar-refractivity contribution is 5.55. The van der Waals surface area contributed by atoms with Crippen molar-refractivity contribution >= 4 is 5.69 Å². The highest BCUT2D eigenvalue weighted by atomic mass is 16.1. The lowest BCUT2D eigenvalue weighted by Crippen LogP contribution is -2.45. The molecule has 3 N–H and O–H groups in total. The summed E-state index contributed by atoms with van der Waals surface area (Å²) in [6, 6.07) is 13.7. The second-order valence-corrected chi connectivity index (χ2v) is 6.96. The summed E-state index contributed by atoms with van der Waals surface area (Å²) in [5.74, 6) is 0.560. The molecule has 0 aliphatic carbocycles. The number of anilines is 1. The molecule has 3 aromatic rings. The first kappa shape index (κ1) is 18.3. The van der Waals surface area contributed by atoms with Gasteiger partial charge >= 0.3 is 0 Å². The zero-order valence-electron chi connectivity index (χ0n) is 15.7. The van der Waals surface area contributed by atoms with E-state index in [1.807, 2.05) is 24.4 Å². The van der Waals surface area contributed by atoms with Gasteiger partial charge in [-0.3, -0.25) is 14.7 Å². The lowest BCUT2D eigenvalue weighted by Gasteiger charge is -2.35. The van der Waals surface area contributed by atoms with Crippen LogP contribution >= 0.6 is 0 Å². The van der Waals surface area contributed by atoms with Gasteiger partial charge in [0.25, 0.3) is 5.56 Å². The fraction of sp³-hybridized carbons (Fsp3) is 0.286. The Labute approximate surface area is 163 Å². The predicted molar refractivity (Wildman–Crippen MR) is 110 cm³/mol. The number of nitrogens with two attached hydrogens (primary N) is 1. The normalized spacial score (nSPS) is 15.0. The number of rotatable bonds is 5. The van der Waals surface area contributed by atoms with Crippen molar-refractivity contribution in [2.75, 3.05) is 31.1 Å². The summed E-state index contributed by atoms with van der Waals surface area (Å²) in [5, 5.41) is 0. The van der Waals surface area contributed by atoms with E-state index in [0.29, 0.717) is 11.5 Å². The van der Waals surface area contributed by atoms with Crippen molar-refractivity contribution < 1.29 is 0 Å². The molecular formula is C21H24N6O. The van der Waals surface area contributed by atoms with Gasteiger partial charge in [0.1, 0.15) is 5.82 Å². The minimum atomic E-state index is -0.180. The van der Waals surface area contributed by atoms with Crippen molar-refractivity contribution in [3.05, 3.63) is 76.5 Å². The molecule has 0 bridgehead atoms. The SMILES string of the molecule is NCc1cc(=O)[nH]c(-c2ccc(CN3CCN(c4cccnc4)CC3)cc2)n1. The lowest BCUT2D eigenvalue weighted by molar-refractivity contribution is 0.250. The highest BCUT2D eigenvalue weighted by Gasteiger charge is 2.17. The first-order chi connectivity index (χ1) is 13.7. The van der Waals surface area contributed by atoms with Gasteiger partial charge < -0.3 is 15.6 Å². The Bertz CT molecular complexity index is 962. The average Bonchev–Trinajstić information content (AvgIpc) is 2.75. The highest BCUT2D eigenvalue weighted by Crippen LogP contribution is 2.18. The molecule has 1 aliphatic heterocycles. The molecule has 1 aliphatic rings. The molecule has 1 saturated heterocycles. The van der Waals surface area contributed by atoms with Crippen molar-refractivity contribution in [2.45, 2.75) is 13.1 Å². The molecule has 0 atom stereocenters. The fourth-order valence-electron chi connectivity index (χ4n) is 3.48. The largest absolute Gasteiger partial charge is 0.368 e. The van der Waals surface area contributed by atoms with Crippen molar-refractivity contribution in [2.24, 2.45) is 5.73 Å². The molecule has 3 heterocycles. The van der Waals surface area contributed by atoms with Crippen LogP contribution in [0.3, 0.4) is 0 Å². The topological polar surface area (TPSA) is 91.1 Å². The zero-order valence-corrected chi connectivity index (χ0v) is 15.7. The second kappa shape index (κ2) is 8.33. The Balaban J connectivity index is 1.38. The van der Waals surface area contributed by atoms with Crippen LogP contribution in [-0.2, 0) is 13.1 Å². The van der Waals surface area contributed by atoms with Crippen LogP contribution in [-0.4, -0.2) is 46.0 Å². The number of H-pyrrole nitrogens is 1. The van der Waals surface area contributed by atoms with Gasteiger partial charge in [0, 0.05) is 57.1 Å². The maximum absolute atomic E-state index is 11.7. The van der Waals surface area contributed by atoms with E-state index in [-0.39, 0.29) is 12.1 Å². The minimum Gasteiger partial charge on any atom is -0.368 e. The minimum absolute atomic E-state index is 0.180. The molecule has 1 aromatic carbocycles. The van der Waals surface area contributed by atoms with Crippen LogP contribution in [0.4, 0.5) is 5.69 Å². The molecule has 1 fully saturated rings. The monoisotopic (exact) mass is 376 g/mol. The number of piperazine rings is 1. The van der Waals surface area contributed by atoms with Gasteiger partial charge in [-0.25, -0.2) is 4.98 Å². The molecule has 0 unspecified atom stereocenters. The number of benzene rings is 1. The second-order valence-electron chi connectivity index (χ2n) is 6.96. The molecule has 0 radical (unpaired) electrons. The number of aromatic amines is 1. The molecule has 144 valence electrons. The van der Waals surface area contributed by atoms with Crippen LogP contribution in [0.25, 0.3) is 11.4 Å². The van der Waals surface area contributed by atoms with E-state index in [9.17, 15) is 4.79 Å². The molecule has 4 rings (SSSR count). The first-order valence-electron chi connectivity index (χ1n) is 9.48. The van der Waals surface area contributed by atoms with Gasteiger partial charge in [0.15, 0.2) is 0 Å². The summed E-state index contributed by atoms with van der Waals surface area (Å²) in [6.45, 7) is 5.20. The maximum Gasteiger partial charge on any atom is 0.251 e. The third kappa shape index (κ3) is 4.27. The van der Waals surface area contributed by atoms with Gasteiger partial charge in [-0.15, -0.1) is 0 Å². The predicted octanol–water partition coefficient (Wildman–Crippen LogP) is 1.61. The Hall–Kier alpha value is -3.03. The van der Waals surface area contributed by atoms with Crippen LogP contribution < -0.4 is 16.2 Å². The van der Waals surface area contributed by atoms with E-state index in [2.05, 4.69) is 43.0 Å². The molecular weight excluding hydrogens is 352 g/mol. The molecule has 28 heavy (non-hydrogen) atoms. The Morgan fingerprint density at radius 1 is 1.07 bits per heavy atom. The zero-order chi connectivity index (χ0) is 19.3. The van der Waals surface area contributed by atoms with Crippen LogP contribution in [0.15, 0.2) is 59.7 Å². The van der Waals surface area contributed by atoms with E-state index in [4.69, 9.17) is 5.73 Å². The van der Waals surface area contributed by atoms with Crippen molar-refractivity contribution in [3.63, 3.8) is 0 Å². The van der Waals surface area contributed by atoms with Gasteiger partial charge in [0.05, 0.1) is 17.6 Å². The number of hydrogen-bond acceptors (Lipinski definition) is 6. The van der Waals surface area contributed by atoms with Crippen molar-refractivity contribution in [1.82, 2.24) is 19.9 Å². The van der Waals surface area contributed by atoms with Gasteiger partial charge in [-0.1, -0.05) is 24.3 Å². The van der Waals surface area contributed by atoms with Gasteiger partial charge in [-0.05, 0) is 17.7 Å². The average molecular weight is 376 g/mol. The number of aromatic nitrogens is 3. The summed E-state index contributed by atoms with van der Waals surface area (Å²) in [5.41, 5.74) is 9.35. The van der Waals surface area contributed by atoms with E-state index in [1.165, 1.54) is 17.3 Å². The summed E-state index contributed by atoms with van der Waals surface area (Å²) in [4.78, 5) is 28.0. The summed E-state index contributed by atoms with van der Waals surface area (Å²) >= 11 is 0. The Kier molecular flexibility index (Phi) is 5.45. The molecule has 0 saturated carbocycles. The molecule has 0 spiro atoms. The molecule has 7 heteroatoms. The van der Waals surface area contributed by atoms with Crippen LogP contribution in [0.1, 0.15) is 11.3 Å². The van der Waals surface area contributed by atoms with Crippen molar-refractivity contribution in [3.8, 4) is 11.4 Å². The number of nitrogens with one attached hydrogen (secondary N) is 1. The number of nitrogens with zero attached hydrogens (tertiary/aromatic N) is 4. The standard InChI is InChI=1S/C21H24N6O/c22-13-18-12-20(28)25-21(24-18)17-5-3-16(4-6-17)15-26-8-10-27(11-9-26)19-2-1-7-23-14-19/h1-7,12,14H,8-11,13,15,22H2,(H,24,25,28). The molecule has 0 amide bonds. The molecule has 2 aromatic heterocycles. The third-order valence-corrected chi connectivity index (χ3v) is 5.02. The number of pyridine rings is 1. The Morgan fingerprint density at radius 2 is 1.86 bits per heavy atom. The quantitative estimate of drug-likeness (QED) is 0.703. The fourth-order valence-corrected chi connectivity index (χ4v) is 3.48. The maximum atomic E-state index is 11.7. The summed E-state index contributed by atoms with van der Waals surface area (Å²) in [6.07, 6.45) is 3.73. The first-order valence-corrected chi connectivity index (χ1v) is 9.48. The summed E-state index contributed by atoms with van der Waals surface area (Å²) in [7, 11) is 0. The smallest absolute Gasteiger partial charge is 0.251 e. The van der Waals surface area contributed by atoms with Gasteiger partial charge in [-0.2, -0.15) is 0 Å². The van der Waals surface area contributed by atoms with E-state index >= 15 is 0 Å². The third-order valence-electron chi connectivity index (χ3n) is 5.02. The van der Waals surface area contributed by atoms with Crippen LogP contribution in [0.2, 0.25) is 0 Å². The van der Waals surface area contributed by atoms with E-state index < -0.39 is 0 Å². The van der Waals surface area contributed by atoms with Gasteiger partial charge in [0.2, 0.25) is 0 Å². The van der Waals surface area contributed by atoms with Crippen molar-refractivity contribution in [1.29, 1.82) is 0 Å². The Morgan fingerprint density at radius 3 is 2.54 bits per heavy atom. The number of hydrogen-bond donors (Lipinski definition) is 2.